The zero-order valence-corrected chi connectivity index (χ0v) is 11.2. The largest absolute Gasteiger partial charge is 0.375 e. The lowest BCUT2D eigenvalue weighted by Gasteiger charge is -2.24. The molecular weight excluding hydrogens is 250 g/mol. The zero-order chi connectivity index (χ0) is 13.8. The van der Waals surface area contributed by atoms with Gasteiger partial charge in [-0.3, -0.25) is 4.79 Å². The number of benzene rings is 2. The number of Topliss-reactive ketones (excluding diaryl/α,β-unsaturated/α-hetero) is 1. The summed E-state index contributed by atoms with van der Waals surface area (Å²) in [4.78, 5) is 12.0. The maximum Gasteiger partial charge on any atom is 0.166 e. The van der Waals surface area contributed by atoms with E-state index >= 15 is 0 Å². The highest BCUT2D eigenvalue weighted by Crippen LogP contribution is 2.28. The summed E-state index contributed by atoms with van der Waals surface area (Å²) in [6.45, 7) is 0.517. The molecule has 0 bridgehead atoms. The van der Waals surface area contributed by atoms with E-state index in [0.29, 0.717) is 13.0 Å². The summed E-state index contributed by atoms with van der Waals surface area (Å²) in [5, 5.41) is 3.42. The first-order valence-electron chi connectivity index (χ1n) is 6.85. The van der Waals surface area contributed by atoms with Crippen LogP contribution in [0.25, 0.3) is 0 Å². The Morgan fingerprint density at radius 2 is 1.65 bits per heavy atom. The lowest BCUT2D eigenvalue weighted by atomic mass is 9.98. The second kappa shape index (κ2) is 5.88. The summed E-state index contributed by atoms with van der Waals surface area (Å²) in [5.74, 6) is 0.169. The number of ketones is 1. The van der Waals surface area contributed by atoms with Crippen LogP contribution in [0.2, 0.25) is 0 Å². The molecule has 0 aromatic heterocycles. The van der Waals surface area contributed by atoms with Crippen molar-refractivity contribution in [2.45, 2.75) is 18.6 Å². The van der Waals surface area contributed by atoms with Crippen molar-refractivity contribution >= 4 is 11.5 Å². The van der Waals surface area contributed by atoms with Crippen LogP contribution in [0.1, 0.15) is 18.0 Å². The molecule has 0 saturated carbocycles. The molecule has 2 aromatic carbocycles. The van der Waals surface area contributed by atoms with Crippen LogP contribution < -0.4 is 5.32 Å². The normalized spacial score (nSPS) is 19.8. The van der Waals surface area contributed by atoms with Crippen molar-refractivity contribution in [1.29, 1.82) is 0 Å². The number of anilines is 1. The van der Waals surface area contributed by atoms with Gasteiger partial charge in [-0.2, -0.15) is 0 Å². The lowest BCUT2D eigenvalue weighted by Crippen LogP contribution is -2.30. The highest BCUT2D eigenvalue weighted by molar-refractivity contribution is 5.86. The van der Waals surface area contributed by atoms with Crippen LogP contribution in [0.4, 0.5) is 5.69 Å². The maximum atomic E-state index is 12.0. The summed E-state index contributed by atoms with van der Waals surface area (Å²) < 4.78 is 5.64. The van der Waals surface area contributed by atoms with E-state index in [9.17, 15) is 4.79 Å². The number of nitrogens with one attached hydrogen (secondary N) is 1. The van der Waals surface area contributed by atoms with Crippen molar-refractivity contribution < 1.29 is 9.53 Å². The van der Waals surface area contributed by atoms with Gasteiger partial charge in [-0.1, -0.05) is 48.5 Å². The van der Waals surface area contributed by atoms with Crippen LogP contribution in [-0.4, -0.2) is 18.5 Å². The SMILES string of the molecule is O=C1CCO[C@@H]1[C@@H](Nc1ccccc1)c1ccccc1. The second-order valence-electron chi connectivity index (χ2n) is 4.91. The fraction of sp³-hybridized carbons (Fsp3) is 0.235. The summed E-state index contributed by atoms with van der Waals surface area (Å²) in [6, 6.07) is 19.7. The lowest BCUT2D eigenvalue weighted by molar-refractivity contribution is -0.122. The Bertz CT molecular complexity index is 568. The molecule has 0 spiro atoms. The van der Waals surface area contributed by atoms with Gasteiger partial charge in [-0.25, -0.2) is 0 Å². The Hall–Kier alpha value is -2.13. The van der Waals surface area contributed by atoms with Crippen molar-refractivity contribution in [2.75, 3.05) is 11.9 Å². The van der Waals surface area contributed by atoms with Gasteiger partial charge in [-0.15, -0.1) is 0 Å². The van der Waals surface area contributed by atoms with Gasteiger partial charge >= 0.3 is 0 Å². The summed E-state index contributed by atoms with van der Waals surface area (Å²) in [7, 11) is 0. The quantitative estimate of drug-likeness (QED) is 0.924. The third-order valence-corrected chi connectivity index (χ3v) is 3.52. The number of ether oxygens (including phenoxy) is 1. The molecule has 3 heteroatoms. The second-order valence-corrected chi connectivity index (χ2v) is 4.91. The van der Waals surface area contributed by atoms with Gasteiger partial charge < -0.3 is 10.1 Å². The Morgan fingerprint density at radius 3 is 2.25 bits per heavy atom. The predicted molar refractivity (Wildman–Crippen MR) is 78.6 cm³/mol. The van der Waals surface area contributed by atoms with Gasteiger partial charge in [0.05, 0.1) is 12.6 Å². The molecule has 3 nitrogen and oxygen atoms in total. The van der Waals surface area contributed by atoms with Gasteiger partial charge in [0.1, 0.15) is 6.10 Å². The van der Waals surface area contributed by atoms with E-state index in [-0.39, 0.29) is 11.8 Å². The molecular formula is C17H17NO2. The molecule has 1 N–H and O–H groups in total. The van der Waals surface area contributed by atoms with E-state index < -0.39 is 6.10 Å². The minimum absolute atomic E-state index is 0.145. The fourth-order valence-corrected chi connectivity index (χ4v) is 2.51. The standard InChI is InChI=1S/C17H17NO2/c19-15-11-12-20-17(15)16(13-7-3-1-4-8-13)18-14-9-5-2-6-10-14/h1-10,16-18H,11-12H2/t16-,17-/m0/s1. The number of para-hydroxylation sites is 1. The van der Waals surface area contributed by atoms with E-state index in [4.69, 9.17) is 4.74 Å². The third kappa shape index (κ3) is 2.73. The van der Waals surface area contributed by atoms with E-state index in [0.717, 1.165) is 11.3 Å². The Morgan fingerprint density at radius 1 is 1.00 bits per heavy atom. The number of hydrogen-bond acceptors (Lipinski definition) is 3. The highest BCUT2D eigenvalue weighted by Gasteiger charge is 2.34. The maximum absolute atomic E-state index is 12.0. The summed E-state index contributed by atoms with van der Waals surface area (Å²) in [5.41, 5.74) is 2.06. The first kappa shape index (κ1) is 12.9. The van der Waals surface area contributed by atoms with Crippen LogP contribution in [0.15, 0.2) is 60.7 Å². The van der Waals surface area contributed by atoms with Crippen molar-refractivity contribution in [2.24, 2.45) is 0 Å². The molecule has 3 rings (SSSR count). The van der Waals surface area contributed by atoms with Crippen LogP contribution in [-0.2, 0) is 9.53 Å². The highest BCUT2D eigenvalue weighted by atomic mass is 16.5. The van der Waals surface area contributed by atoms with E-state index in [1.807, 2.05) is 60.7 Å². The third-order valence-electron chi connectivity index (χ3n) is 3.52. The number of carbonyl (C=O) groups excluding carboxylic acids is 1. The monoisotopic (exact) mass is 267 g/mol. The van der Waals surface area contributed by atoms with Gasteiger partial charge in [0.15, 0.2) is 5.78 Å². The zero-order valence-electron chi connectivity index (χ0n) is 11.2. The van der Waals surface area contributed by atoms with Crippen LogP contribution in [0, 0.1) is 0 Å². The van der Waals surface area contributed by atoms with Crippen molar-refractivity contribution in [3.8, 4) is 0 Å². The van der Waals surface area contributed by atoms with Crippen molar-refractivity contribution in [3.63, 3.8) is 0 Å². The molecule has 0 amide bonds. The van der Waals surface area contributed by atoms with Gasteiger partial charge in [0.2, 0.25) is 0 Å². The molecule has 1 aliphatic heterocycles. The van der Waals surface area contributed by atoms with Crippen molar-refractivity contribution in [1.82, 2.24) is 0 Å². The number of rotatable bonds is 4. The van der Waals surface area contributed by atoms with E-state index in [2.05, 4.69) is 5.32 Å². The Labute approximate surface area is 118 Å². The number of carbonyl (C=O) groups is 1. The summed E-state index contributed by atoms with van der Waals surface area (Å²) in [6.07, 6.45) is 0.0994. The van der Waals surface area contributed by atoms with Crippen LogP contribution in [0.3, 0.4) is 0 Å². The number of hydrogen-bond donors (Lipinski definition) is 1. The Kier molecular flexibility index (Phi) is 3.79. The molecule has 1 aliphatic rings. The summed E-state index contributed by atoms with van der Waals surface area (Å²) >= 11 is 0. The predicted octanol–water partition coefficient (Wildman–Crippen LogP) is 3.20. The first-order valence-corrected chi connectivity index (χ1v) is 6.85. The topological polar surface area (TPSA) is 38.3 Å². The minimum Gasteiger partial charge on any atom is -0.375 e. The molecule has 0 aliphatic carbocycles. The Balaban J connectivity index is 1.89. The molecule has 1 fully saturated rings. The van der Waals surface area contributed by atoms with Crippen LogP contribution >= 0.6 is 0 Å². The molecule has 2 aromatic rings. The fourth-order valence-electron chi connectivity index (χ4n) is 2.51. The van der Waals surface area contributed by atoms with Gasteiger partial charge in [0.25, 0.3) is 0 Å². The average Bonchev–Trinajstić information content (AvgIpc) is 2.93. The minimum atomic E-state index is -0.405. The van der Waals surface area contributed by atoms with E-state index in [1.54, 1.807) is 0 Å². The van der Waals surface area contributed by atoms with Gasteiger partial charge in [-0.05, 0) is 17.7 Å². The molecule has 2 atom stereocenters. The van der Waals surface area contributed by atoms with Crippen LogP contribution in [0.5, 0.6) is 0 Å². The average molecular weight is 267 g/mol. The molecule has 0 unspecified atom stereocenters. The first-order chi connectivity index (χ1) is 9.84. The molecule has 20 heavy (non-hydrogen) atoms. The van der Waals surface area contributed by atoms with E-state index in [1.165, 1.54) is 0 Å². The smallest absolute Gasteiger partial charge is 0.166 e. The molecule has 1 saturated heterocycles. The van der Waals surface area contributed by atoms with Gasteiger partial charge in [0, 0.05) is 12.1 Å². The molecule has 1 heterocycles. The molecule has 102 valence electrons. The molecule has 0 radical (unpaired) electrons. The van der Waals surface area contributed by atoms with Crippen molar-refractivity contribution in [3.05, 3.63) is 66.2 Å².